The lowest BCUT2D eigenvalue weighted by molar-refractivity contribution is -0.119. The van der Waals surface area contributed by atoms with E-state index < -0.39 is 0 Å². The standard InChI is InChI=1S/C15H22N2O/c1-13(18)16-15(12-17-9-5-6-10-17)11-14-7-3-2-4-8-14/h2-4,7-8,15H,5-6,9-12H2,1H3,(H,16,18)/t15-/m0/s1. The van der Waals surface area contributed by atoms with Gasteiger partial charge in [0.25, 0.3) is 0 Å². The molecule has 1 atom stereocenters. The fourth-order valence-corrected chi connectivity index (χ4v) is 2.62. The van der Waals surface area contributed by atoms with E-state index in [2.05, 4.69) is 34.5 Å². The van der Waals surface area contributed by atoms with Gasteiger partial charge in [0.15, 0.2) is 0 Å². The molecule has 0 aromatic heterocycles. The van der Waals surface area contributed by atoms with Crippen molar-refractivity contribution in [2.45, 2.75) is 32.2 Å². The highest BCUT2D eigenvalue weighted by atomic mass is 16.1. The van der Waals surface area contributed by atoms with E-state index in [1.54, 1.807) is 6.92 Å². The molecule has 0 bridgehead atoms. The SMILES string of the molecule is CC(=O)N[C@@H](Cc1ccccc1)CN1CCCC1. The second-order valence-corrected chi connectivity index (χ2v) is 5.09. The monoisotopic (exact) mass is 246 g/mol. The molecule has 1 amide bonds. The van der Waals surface area contributed by atoms with E-state index in [0.717, 1.165) is 13.0 Å². The van der Waals surface area contributed by atoms with Crippen LogP contribution in [-0.2, 0) is 11.2 Å². The number of nitrogens with one attached hydrogen (secondary N) is 1. The molecule has 1 aliphatic rings. The zero-order chi connectivity index (χ0) is 12.8. The van der Waals surface area contributed by atoms with Gasteiger partial charge >= 0.3 is 0 Å². The van der Waals surface area contributed by atoms with E-state index in [-0.39, 0.29) is 11.9 Å². The lowest BCUT2D eigenvalue weighted by atomic mass is 10.1. The molecule has 1 fully saturated rings. The smallest absolute Gasteiger partial charge is 0.217 e. The first-order valence-corrected chi connectivity index (χ1v) is 6.77. The molecular weight excluding hydrogens is 224 g/mol. The van der Waals surface area contributed by atoms with Crippen molar-refractivity contribution in [1.29, 1.82) is 0 Å². The Kier molecular flexibility index (Phi) is 4.76. The van der Waals surface area contributed by atoms with Gasteiger partial charge in [-0.3, -0.25) is 4.79 Å². The number of likely N-dealkylation sites (tertiary alicyclic amines) is 1. The van der Waals surface area contributed by atoms with Gasteiger partial charge in [0.1, 0.15) is 0 Å². The van der Waals surface area contributed by atoms with Gasteiger partial charge in [0, 0.05) is 19.5 Å². The summed E-state index contributed by atoms with van der Waals surface area (Å²) in [4.78, 5) is 13.7. The molecule has 98 valence electrons. The van der Waals surface area contributed by atoms with Crippen LogP contribution in [0, 0.1) is 0 Å². The molecule has 1 saturated heterocycles. The van der Waals surface area contributed by atoms with Crippen LogP contribution in [0.3, 0.4) is 0 Å². The van der Waals surface area contributed by atoms with Crippen molar-refractivity contribution in [1.82, 2.24) is 10.2 Å². The average Bonchev–Trinajstić information content (AvgIpc) is 2.82. The molecule has 18 heavy (non-hydrogen) atoms. The zero-order valence-corrected chi connectivity index (χ0v) is 11.1. The van der Waals surface area contributed by atoms with Crippen molar-refractivity contribution < 1.29 is 4.79 Å². The summed E-state index contributed by atoms with van der Waals surface area (Å²) in [5.74, 6) is 0.0649. The molecule has 1 aliphatic heterocycles. The summed E-state index contributed by atoms with van der Waals surface area (Å²) in [6, 6.07) is 10.6. The first-order chi connectivity index (χ1) is 8.74. The van der Waals surface area contributed by atoms with Gasteiger partial charge in [-0.1, -0.05) is 30.3 Å². The average molecular weight is 246 g/mol. The predicted octanol–water partition coefficient (Wildman–Crippen LogP) is 1.83. The van der Waals surface area contributed by atoms with Gasteiger partial charge in [0.2, 0.25) is 5.91 Å². The van der Waals surface area contributed by atoms with Crippen LogP contribution in [-0.4, -0.2) is 36.5 Å². The Morgan fingerprint density at radius 2 is 1.94 bits per heavy atom. The highest BCUT2D eigenvalue weighted by Gasteiger charge is 2.18. The number of amides is 1. The second kappa shape index (κ2) is 6.55. The first kappa shape index (κ1) is 13.1. The summed E-state index contributed by atoms with van der Waals surface area (Å²) in [6.07, 6.45) is 3.49. The van der Waals surface area contributed by atoms with Crippen molar-refractivity contribution in [2.75, 3.05) is 19.6 Å². The zero-order valence-electron chi connectivity index (χ0n) is 11.1. The van der Waals surface area contributed by atoms with E-state index in [0.29, 0.717) is 0 Å². The lowest BCUT2D eigenvalue weighted by Gasteiger charge is -2.24. The quantitative estimate of drug-likeness (QED) is 0.859. The van der Waals surface area contributed by atoms with Crippen LogP contribution in [0.25, 0.3) is 0 Å². The maximum Gasteiger partial charge on any atom is 0.217 e. The Labute approximate surface area is 109 Å². The minimum Gasteiger partial charge on any atom is -0.352 e. The van der Waals surface area contributed by atoms with E-state index in [1.165, 1.54) is 31.5 Å². The largest absolute Gasteiger partial charge is 0.352 e. The Balaban J connectivity index is 1.93. The highest BCUT2D eigenvalue weighted by molar-refractivity contribution is 5.73. The molecule has 0 unspecified atom stereocenters. The van der Waals surface area contributed by atoms with Gasteiger partial charge in [0.05, 0.1) is 0 Å². The van der Waals surface area contributed by atoms with Crippen LogP contribution in [0.2, 0.25) is 0 Å². The van der Waals surface area contributed by atoms with Crippen molar-refractivity contribution >= 4 is 5.91 Å². The number of carbonyl (C=O) groups is 1. The molecule has 3 heteroatoms. The number of nitrogens with zero attached hydrogens (tertiary/aromatic N) is 1. The van der Waals surface area contributed by atoms with Crippen LogP contribution in [0.1, 0.15) is 25.3 Å². The van der Waals surface area contributed by atoms with Gasteiger partial charge in [-0.15, -0.1) is 0 Å². The van der Waals surface area contributed by atoms with Crippen molar-refractivity contribution in [3.63, 3.8) is 0 Å². The van der Waals surface area contributed by atoms with Crippen LogP contribution < -0.4 is 5.32 Å². The van der Waals surface area contributed by atoms with Crippen LogP contribution in [0.4, 0.5) is 0 Å². The summed E-state index contributed by atoms with van der Waals surface area (Å²) in [5.41, 5.74) is 1.29. The summed E-state index contributed by atoms with van der Waals surface area (Å²) >= 11 is 0. The maximum atomic E-state index is 11.3. The molecule has 3 nitrogen and oxygen atoms in total. The number of carbonyl (C=O) groups excluding carboxylic acids is 1. The second-order valence-electron chi connectivity index (χ2n) is 5.09. The lowest BCUT2D eigenvalue weighted by Crippen LogP contribution is -2.43. The van der Waals surface area contributed by atoms with E-state index in [4.69, 9.17) is 0 Å². The van der Waals surface area contributed by atoms with Gasteiger partial charge in [-0.2, -0.15) is 0 Å². The van der Waals surface area contributed by atoms with Crippen molar-refractivity contribution in [2.24, 2.45) is 0 Å². The van der Waals surface area contributed by atoms with Gasteiger partial charge in [-0.25, -0.2) is 0 Å². The normalized spacial score (nSPS) is 17.6. The van der Waals surface area contributed by atoms with E-state index in [1.807, 2.05) is 6.07 Å². The highest BCUT2D eigenvalue weighted by Crippen LogP contribution is 2.10. The van der Waals surface area contributed by atoms with Crippen LogP contribution in [0.15, 0.2) is 30.3 Å². The van der Waals surface area contributed by atoms with Crippen LogP contribution >= 0.6 is 0 Å². The van der Waals surface area contributed by atoms with Crippen molar-refractivity contribution in [3.8, 4) is 0 Å². The molecular formula is C15H22N2O. The van der Waals surface area contributed by atoms with Gasteiger partial charge in [-0.05, 0) is 37.9 Å². The number of benzene rings is 1. The molecule has 0 spiro atoms. The maximum absolute atomic E-state index is 11.3. The fraction of sp³-hybridized carbons (Fsp3) is 0.533. The molecule has 1 aromatic rings. The third kappa shape index (κ3) is 4.15. The topological polar surface area (TPSA) is 32.3 Å². The minimum atomic E-state index is 0.0649. The van der Waals surface area contributed by atoms with Gasteiger partial charge < -0.3 is 10.2 Å². The Bertz CT molecular complexity index is 371. The van der Waals surface area contributed by atoms with Crippen LogP contribution in [0.5, 0.6) is 0 Å². The molecule has 0 saturated carbocycles. The predicted molar refractivity (Wildman–Crippen MR) is 73.4 cm³/mol. The molecule has 1 N–H and O–H groups in total. The minimum absolute atomic E-state index is 0.0649. The first-order valence-electron chi connectivity index (χ1n) is 6.77. The fourth-order valence-electron chi connectivity index (χ4n) is 2.62. The molecule has 1 aromatic carbocycles. The summed E-state index contributed by atoms with van der Waals surface area (Å²) < 4.78 is 0. The third-order valence-corrected chi connectivity index (χ3v) is 3.41. The summed E-state index contributed by atoms with van der Waals surface area (Å²) in [6.45, 7) is 4.91. The molecule has 0 radical (unpaired) electrons. The third-order valence-electron chi connectivity index (χ3n) is 3.41. The number of hydrogen-bond donors (Lipinski definition) is 1. The number of hydrogen-bond acceptors (Lipinski definition) is 2. The molecule has 2 rings (SSSR count). The van der Waals surface area contributed by atoms with E-state index >= 15 is 0 Å². The molecule has 0 aliphatic carbocycles. The molecule has 1 heterocycles. The Morgan fingerprint density at radius 3 is 2.56 bits per heavy atom. The number of rotatable bonds is 5. The Hall–Kier alpha value is -1.35. The summed E-state index contributed by atoms with van der Waals surface area (Å²) in [5, 5.41) is 3.07. The van der Waals surface area contributed by atoms with E-state index in [9.17, 15) is 4.79 Å². The Morgan fingerprint density at radius 1 is 1.28 bits per heavy atom. The summed E-state index contributed by atoms with van der Waals surface area (Å²) in [7, 11) is 0. The van der Waals surface area contributed by atoms with Crippen molar-refractivity contribution in [3.05, 3.63) is 35.9 Å².